The first-order valence-electron chi connectivity index (χ1n) is 7.54. The predicted molar refractivity (Wildman–Crippen MR) is 78.5 cm³/mol. The van der Waals surface area contributed by atoms with Gasteiger partial charge in [-0.15, -0.1) is 0 Å². The van der Waals surface area contributed by atoms with Crippen molar-refractivity contribution >= 4 is 0 Å². The molecule has 0 aromatic heterocycles. The molecule has 0 fully saturated rings. The van der Waals surface area contributed by atoms with Crippen LogP contribution in [0, 0.1) is 5.92 Å². The molecule has 0 rings (SSSR count). The van der Waals surface area contributed by atoms with Crippen molar-refractivity contribution in [3.05, 3.63) is 0 Å². The summed E-state index contributed by atoms with van der Waals surface area (Å²) in [6, 6.07) is 1.34. The molecule has 0 aliphatic carbocycles. The third-order valence-corrected chi connectivity index (χ3v) is 3.81. The third-order valence-electron chi connectivity index (χ3n) is 3.81. The smallest absolute Gasteiger partial charge is 0.0243 e. The van der Waals surface area contributed by atoms with Crippen LogP contribution in [-0.4, -0.2) is 37.1 Å². The van der Waals surface area contributed by atoms with Crippen molar-refractivity contribution in [3.63, 3.8) is 0 Å². The largest absolute Gasteiger partial charge is 0.313 e. The van der Waals surface area contributed by atoms with Crippen molar-refractivity contribution in [2.75, 3.05) is 20.1 Å². The Morgan fingerprint density at radius 1 is 1.06 bits per heavy atom. The molecule has 0 amide bonds. The minimum atomic E-state index is 0.657. The zero-order valence-electron chi connectivity index (χ0n) is 12.9. The second kappa shape index (κ2) is 9.90. The molecule has 2 nitrogen and oxygen atoms in total. The van der Waals surface area contributed by atoms with Crippen molar-refractivity contribution in [2.24, 2.45) is 5.92 Å². The highest BCUT2D eigenvalue weighted by atomic mass is 15.2. The van der Waals surface area contributed by atoms with Gasteiger partial charge in [0, 0.05) is 18.6 Å². The van der Waals surface area contributed by atoms with Crippen molar-refractivity contribution < 1.29 is 0 Å². The van der Waals surface area contributed by atoms with Gasteiger partial charge in [-0.2, -0.15) is 0 Å². The van der Waals surface area contributed by atoms with Gasteiger partial charge in [0.25, 0.3) is 0 Å². The summed E-state index contributed by atoms with van der Waals surface area (Å²) in [6.07, 6.45) is 5.08. The Balaban J connectivity index is 4.41. The van der Waals surface area contributed by atoms with E-state index in [0.29, 0.717) is 12.1 Å². The molecule has 1 N–H and O–H groups in total. The minimum absolute atomic E-state index is 0.657. The van der Waals surface area contributed by atoms with Gasteiger partial charge in [0.15, 0.2) is 0 Å². The van der Waals surface area contributed by atoms with Crippen LogP contribution in [0.3, 0.4) is 0 Å². The van der Waals surface area contributed by atoms with Gasteiger partial charge in [0.1, 0.15) is 0 Å². The Bertz CT molecular complexity index is 164. The molecule has 0 heterocycles. The van der Waals surface area contributed by atoms with E-state index >= 15 is 0 Å². The molecule has 3 unspecified atom stereocenters. The van der Waals surface area contributed by atoms with Gasteiger partial charge in [0.2, 0.25) is 0 Å². The van der Waals surface area contributed by atoms with Gasteiger partial charge in [-0.1, -0.05) is 47.5 Å². The van der Waals surface area contributed by atoms with E-state index in [0.717, 1.165) is 12.5 Å². The normalized spacial score (nSPS) is 17.1. The number of rotatable bonds is 10. The summed E-state index contributed by atoms with van der Waals surface area (Å²) in [5.41, 5.74) is 0. The van der Waals surface area contributed by atoms with Crippen molar-refractivity contribution in [3.8, 4) is 0 Å². The molecule has 0 bridgehead atoms. The van der Waals surface area contributed by atoms with Gasteiger partial charge < -0.3 is 10.2 Å². The van der Waals surface area contributed by atoms with E-state index in [1.165, 1.54) is 32.2 Å². The quantitative estimate of drug-likeness (QED) is 0.630. The van der Waals surface area contributed by atoms with Crippen LogP contribution in [0.5, 0.6) is 0 Å². The first-order valence-corrected chi connectivity index (χ1v) is 7.54. The zero-order valence-corrected chi connectivity index (χ0v) is 12.9. The van der Waals surface area contributed by atoms with E-state index in [9.17, 15) is 0 Å². The number of hydrogen-bond acceptors (Lipinski definition) is 2. The lowest BCUT2D eigenvalue weighted by Gasteiger charge is -2.36. The van der Waals surface area contributed by atoms with E-state index in [1.807, 2.05) is 0 Å². The van der Waals surface area contributed by atoms with Gasteiger partial charge in [0.05, 0.1) is 0 Å². The number of nitrogens with one attached hydrogen (secondary N) is 1. The molecule has 0 radical (unpaired) electrons. The molecule has 104 valence electrons. The summed E-state index contributed by atoms with van der Waals surface area (Å²) >= 11 is 0. The highest BCUT2D eigenvalue weighted by molar-refractivity contribution is 4.82. The molecule has 0 aromatic rings. The molecular weight excluding hydrogens is 208 g/mol. The Kier molecular flexibility index (Phi) is 9.85. The fraction of sp³-hybridized carbons (Fsp3) is 1.00. The van der Waals surface area contributed by atoms with E-state index in [1.54, 1.807) is 0 Å². The number of hydrogen-bond donors (Lipinski definition) is 1. The van der Waals surface area contributed by atoms with Crippen molar-refractivity contribution in [2.45, 2.75) is 72.4 Å². The SMILES string of the molecule is CCCC(NCC)C(CC)N(C)CC(C)CC. The lowest BCUT2D eigenvalue weighted by Crippen LogP contribution is -2.49. The van der Waals surface area contributed by atoms with Crippen LogP contribution in [-0.2, 0) is 0 Å². The Hall–Kier alpha value is -0.0800. The molecule has 0 aliphatic heterocycles. The van der Waals surface area contributed by atoms with Crippen LogP contribution in [0.4, 0.5) is 0 Å². The van der Waals surface area contributed by atoms with Crippen molar-refractivity contribution in [1.29, 1.82) is 0 Å². The molecule has 17 heavy (non-hydrogen) atoms. The van der Waals surface area contributed by atoms with Gasteiger partial charge in [-0.3, -0.25) is 0 Å². The summed E-state index contributed by atoms with van der Waals surface area (Å²) < 4.78 is 0. The molecular formula is C15H34N2. The standard InChI is InChI=1S/C15H34N2/c1-7-11-14(16-10-4)15(9-3)17(6)12-13(5)8-2/h13-16H,7-12H2,1-6H3. The first-order chi connectivity index (χ1) is 8.10. The zero-order chi connectivity index (χ0) is 13.3. The maximum atomic E-state index is 3.67. The van der Waals surface area contributed by atoms with Crippen molar-refractivity contribution in [1.82, 2.24) is 10.2 Å². The molecule has 0 spiro atoms. The van der Waals surface area contributed by atoms with Crippen LogP contribution in [0.1, 0.15) is 60.3 Å². The lowest BCUT2D eigenvalue weighted by molar-refractivity contribution is 0.159. The Labute approximate surface area is 109 Å². The van der Waals surface area contributed by atoms with Crippen LogP contribution in [0.15, 0.2) is 0 Å². The summed E-state index contributed by atoms with van der Waals surface area (Å²) in [5.74, 6) is 0.804. The molecule has 2 heteroatoms. The molecule has 0 saturated heterocycles. The van der Waals surface area contributed by atoms with Gasteiger partial charge in [-0.05, 0) is 32.4 Å². The average Bonchev–Trinajstić information content (AvgIpc) is 2.30. The average molecular weight is 242 g/mol. The lowest BCUT2D eigenvalue weighted by atomic mass is 9.98. The molecule has 0 saturated carbocycles. The van der Waals surface area contributed by atoms with E-state index < -0.39 is 0 Å². The van der Waals surface area contributed by atoms with Gasteiger partial charge >= 0.3 is 0 Å². The van der Waals surface area contributed by atoms with E-state index in [4.69, 9.17) is 0 Å². The molecule has 0 aromatic carbocycles. The first kappa shape index (κ1) is 16.9. The van der Waals surface area contributed by atoms with E-state index in [2.05, 4.69) is 51.9 Å². The molecule has 0 aliphatic rings. The van der Waals surface area contributed by atoms with Crippen LogP contribution >= 0.6 is 0 Å². The molecule has 3 atom stereocenters. The van der Waals surface area contributed by atoms with Crippen LogP contribution < -0.4 is 5.32 Å². The summed E-state index contributed by atoms with van der Waals surface area (Å²) in [6.45, 7) is 13.8. The summed E-state index contributed by atoms with van der Waals surface area (Å²) in [5, 5.41) is 3.67. The number of nitrogens with zero attached hydrogens (tertiary/aromatic N) is 1. The second-order valence-electron chi connectivity index (χ2n) is 5.38. The summed E-state index contributed by atoms with van der Waals surface area (Å²) in [4.78, 5) is 2.57. The highest BCUT2D eigenvalue weighted by Gasteiger charge is 2.22. The number of likely N-dealkylation sites (N-methyl/N-ethyl adjacent to an activating group) is 2. The fourth-order valence-corrected chi connectivity index (χ4v) is 2.66. The maximum absolute atomic E-state index is 3.67. The monoisotopic (exact) mass is 242 g/mol. The van der Waals surface area contributed by atoms with E-state index in [-0.39, 0.29) is 0 Å². The maximum Gasteiger partial charge on any atom is 0.0243 e. The second-order valence-corrected chi connectivity index (χ2v) is 5.38. The fourth-order valence-electron chi connectivity index (χ4n) is 2.66. The minimum Gasteiger partial charge on any atom is -0.313 e. The Morgan fingerprint density at radius 3 is 2.12 bits per heavy atom. The third kappa shape index (κ3) is 6.42. The van der Waals surface area contributed by atoms with Crippen LogP contribution in [0.2, 0.25) is 0 Å². The summed E-state index contributed by atoms with van der Waals surface area (Å²) in [7, 11) is 2.29. The Morgan fingerprint density at radius 2 is 1.71 bits per heavy atom. The topological polar surface area (TPSA) is 15.3 Å². The van der Waals surface area contributed by atoms with Crippen LogP contribution in [0.25, 0.3) is 0 Å². The highest BCUT2D eigenvalue weighted by Crippen LogP contribution is 2.15. The van der Waals surface area contributed by atoms with Gasteiger partial charge in [-0.25, -0.2) is 0 Å². The predicted octanol–water partition coefficient (Wildman–Crippen LogP) is 3.52.